The Kier molecular flexibility index (Phi) is 6.24. The Hall–Kier alpha value is -3.27. The number of hydrogen-bond donors (Lipinski definition) is 2. The highest BCUT2D eigenvalue weighted by atomic mass is 19.4. The highest BCUT2D eigenvalue weighted by molar-refractivity contribution is 6.06. The maximum absolute atomic E-state index is 12.7. The summed E-state index contributed by atoms with van der Waals surface area (Å²) in [5, 5.41) is 14.3. The molecule has 0 spiro atoms. The minimum atomic E-state index is -4.52. The zero-order valence-electron chi connectivity index (χ0n) is 14.8. The minimum Gasteiger partial charge on any atom is -0.360 e. The van der Waals surface area contributed by atoms with Gasteiger partial charge in [-0.1, -0.05) is 32.0 Å². The van der Waals surface area contributed by atoms with E-state index in [1.54, 1.807) is 6.07 Å². The molecular formula is C20H18F3N3O. The maximum atomic E-state index is 12.7. The Labute approximate surface area is 155 Å². The molecule has 0 saturated heterocycles. The van der Waals surface area contributed by atoms with Crippen molar-refractivity contribution in [2.75, 3.05) is 10.6 Å². The molecule has 4 nitrogen and oxygen atoms in total. The average molecular weight is 373 g/mol. The number of nitriles is 1. The van der Waals surface area contributed by atoms with Crippen molar-refractivity contribution in [1.29, 1.82) is 5.26 Å². The summed E-state index contributed by atoms with van der Waals surface area (Å²) in [5.41, 5.74) is 0.634. The second-order valence-corrected chi connectivity index (χ2v) is 6.12. The third-order valence-corrected chi connectivity index (χ3v) is 3.77. The zero-order valence-corrected chi connectivity index (χ0v) is 14.8. The second kappa shape index (κ2) is 8.41. The fraction of sp³-hybridized carbons (Fsp3) is 0.200. The van der Waals surface area contributed by atoms with Gasteiger partial charge in [0.15, 0.2) is 0 Å². The third kappa shape index (κ3) is 5.61. The minimum absolute atomic E-state index is 0.0442. The van der Waals surface area contributed by atoms with E-state index in [9.17, 15) is 18.0 Å². The fourth-order valence-corrected chi connectivity index (χ4v) is 2.24. The van der Waals surface area contributed by atoms with E-state index in [0.29, 0.717) is 11.6 Å². The van der Waals surface area contributed by atoms with Crippen LogP contribution in [0.25, 0.3) is 0 Å². The summed E-state index contributed by atoms with van der Waals surface area (Å²) in [4.78, 5) is 12.1. The number of nitrogens with zero attached hydrogens (tertiary/aromatic N) is 1. The summed E-state index contributed by atoms with van der Waals surface area (Å²) < 4.78 is 38.2. The molecule has 0 unspecified atom stereocenters. The van der Waals surface area contributed by atoms with Crippen molar-refractivity contribution in [2.24, 2.45) is 0 Å². The van der Waals surface area contributed by atoms with Crippen molar-refractivity contribution >= 4 is 17.3 Å². The molecule has 2 rings (SSSR count). The number of anilines is 2. The zero-order chi connectivity index (χ0) is 20.0. The van der Waals surface area contributed by atoms with Crippen LogP contribution in [0, 0.1) is 11.3 Å². The van der Waals surface area contributed by atoms with Crippen LogP contribution in [0.3, 0.4) is 0 Å². The molecule has 2 N–H and O–H groups in total. The van der Waals surface area contributed by atoms with Crippen molar-refractivity contribution < 1.29 is 18.0 Å². The predicted molar refractivity (Wildman–Crippen MR) is 97.9 cm³/mol. The number of carbonyl (C=O) groups is 1. The van der Waals surface area contributed by atoms with E-state index in [0.717, 1.165) is 17.7 Å². The largest absolute Gasteiger partial charge is 0.416 e. The van der Waals surface area contributed by atoms with Gasteiger partial charge >= 0.3 is 6.18 Å². The van der Waals surface area contributed by atoms with Crippen molar-refractivity contribution in [3.8, 4) is 6.07 Å². The molecule has 0 radical (unpaired) electrons. The summed E-state index contributed by atoms with van der Waals surface area (Å²) in [5.74, 6) is -0.425. The Morgan fingerprint density at radius 1 is 1.11 bits per heavy atom. The van der Waals surface area contributed by atoms with Gasteiger partial charge in [0.2, 0.25) is 0 Å². The third-order valence-electron chi connectivity index (χ3n) is 3.77. The van der Waals surface area contributed by atoms with Crippen LogP contribution in [-0.2, 0) is 11.0 Å². The molecule has 0 aromatic heterocycles. The Bertz CT molecular complexity index is 879. The number of amides is 1. The smallest absolute Gasteiger partial charge is 0.360 e. The van der Waals surface area contributed by atoms with Gasteiger partial charge in [-0.25, -0.2) is 0 Å². The maximum Gasteiger partial charge on any atom is 0.416 e. The summed E-state index contributed by atoms with van der Waals surface area (Å²) in [6, 6.07) is 13.4. The lowest BCUT2D eigenvalue weighted by Crippen LogP contribution is -2.15. The molecule has 0 aliphatic rings. The van der Waals surface area contributed by atoms with Gasteiger partial charge in [0.25, 0.3) is 5.91 Å². The first-order chi connectivity index (χ1) is 12.7. The fourth-order valence-electron chi connectivity index (χ4n) is 2.24. The standard InChI is InChI=1S/C20H18F3N3O/c1-13(2)14-6-8-17(9-7-14)25-12-15(11-24)19(27)26-18-5-3-4-16(10-18)20(21,22)23/h3-10,12-13,25H,1-2H3,(H,26,27)/b15-12-. The number of carbonyl (C=O) groups excluding carboxylic acids is 1. The van der Waals surface area contributed by atoms with E-state index in [1.165, 1.54) is 18.3 Å². The van der Waals surface area contributed by atoms with E-state index in [-0.39, 0.29) is 11.3 Å². The summed E-state index contributed by atoms with van der Waals surface area (Å²) in [7, 11) is 0. The number of hydrogen-bond acceptors (Lipinski definition) is 3. The van der Waals surface area contributed by atoms with Crippen LogP contribution < -0.4 is 10.6 Å². The number of rotatable bonds is 5. The average Bonchev–Trinajstić information content (AvgIpc) is 2.62. The van der Waals surface area contributed by atoms with Crippen LogP contribution in [0.1, 0.15) is 30.9 Å². The summed E-state index contributed by atoms with van der Waals surface area (Å²) in [6.45, 7) is 4.13. The number of halogens is 3. The SMILES string of the molecule is CC(C)c1ccc(N/C=C(/C#N)C(=O)Nc2cccc(C(F)(F)F)c2)cc1. The van der Waals surface area contributed by atoms with Gasteiger partial charge in [0.05, 0.1) is 5.56 Å². The van der Waals surface area contributed by atoms with E-state index >= 15 is 0 Å². The Morgan fingerprint density at radius 2 is 1.78 bits per heavy atom. The topological polar surface area (TPSA) is 64.9 Å². The van der Waals surface area contributed by atoms with Gasteiger partial charge in [-0.3, -0.25) is 4.79 Å². The predicted octanol–water partition coefficient (Wildman–Crippen LogP) is 5.29. The first kappa shape index (κ1) is 20.0. The van der Waals surface area contributed by atoms with Crippen LogP contribution in [-0.4, -0.2) is 5.91 Å². The molecule has 2 aromatic carbocycles. The first-order valence-corrected chi connectivity index (χ1v) is 8.16. The Balaban J connectivity index is 2.09. The van der Waals surface area contributed by atoms with Gasteiger partial charge in [0.1, 0.15) is 11.6 Å². The molecule has 1 amide bonds. The van der Waals surface area contributed by atoms with E-state index in [4.69, 9.17) is 5.26 Å². The molecule has 0 heterocycles. The normalized spacial score (nSPS) is 11.8. The molecule has 2 aromatic rings. The molecule has 0 fully saturated rings. The van der Waals surface area contributed by atoms with Gasteiger partial charge in [-0.05, 0) is 41.8 Å². The van der Waals surface area contributed by atoms with Gasteiger partial charge < -0.3 is 10.6 Å². The molecule has 0 bridgehead atoms. The lowest BCUT2D eigenvalue weighted by atomic mass is 10.0. The highest BCUT2D eigenvalue weighted by Crippen LogP contribution is 2.30. The van der Waals surface area contributed by atoms with Gasteiger partial charge in [-0.2, -0.15) is 18.4 Å². The molecule has 0 atom stereocenters. The Morgan fingerprint density at radius 3 is 2.33 bits per heavy atom. The summed E-state index contributed by atoms with van der Waals surface area (Å²) in [6.07, 6.45) is -3.30. The van der Waals surface area contributed by atoms with Gasteiger partial charge in [0, 0.05) is 17.6 Å². The summed E-state index contributed by atoms with van der Waals surface area (Å²) >= 11 is 0. The molecule has 27 heavy (non-hydrogen) atoms. The van der Waals surface area contributed by atoms with Crippen molar-refractivity contribution in [1.82, 2.24) is 0 Å². The van der Waals surface area contributed by atoms with Crippen LogP contribution in [0.15, 0.2) is 60.3 Å². The van der Waals surface area contributed by atoms with Crippen LogP contribution in [0.4, 0.5) is 24.5 Å². The molecule has 0 saturated carbocycles. The van der Waals surface area contributed by atoms with E-state index in [2.05, 4.69) is 24.5 Å². The first-order valence-electron chi connectivity index (χ1n) is 8.16. The molecule has 140 valence electrons. The second-order valence-electron chi connectivity index (χ2n) is 6.12. The van der Waals surface area contributed by atoms with E-state index < -0.39 is 17.6 Å². The van der Waals surface area contributed by atoms with Crippen molar-refractivity contribution in [3.05, 3.63) is 71.4 Å². The molecule has 0 aliphatic carbocycles. The van der Waals surface area contributed by atoms with Crippen LogP contribution >= 0.6 is 0 Å². The van der Waals surface area contributed by atoms with Crippen LogP contribution in [0.2, 0.25) is 0 Å². The number of alkyl halides is 3. The van der Waals surface area contributed by atoms with E-state index in [1.807, 2.05) is 24.3 Å². The van der Waals surface area contributed by atoms with Crippen molar-refractivity contribution in [2.45, 2.75) is 25.9 Å². The molecular weight excluding hydrogens is 355 g/mol. The van der Waals surface area contributed by atoms with Crippen LogP contribution in [0.5, 0.6) is 0 Å². The lowest BCUT2D eigenvalue weighted by Gasteiger charge is -2.10. The highest BCUT2D eigenvalue weighted by Gasteiger charge is 2.30. The monoisotopic (exact) mass is 373 g/mol. The number of benzene rings is 2. The molecule has 0 aliphatic heterocycles. The quantitative estimate of drug-likeness (QED) is 0.553. The van der Waals surface area contributed by atoms with Crippen molar-refractivity contribution in [3.63, 3.8) is 0 Å². The molecule has 7 heteroatoms. The number of nitrogens with one attached hydrogen (secondary N) is 2. The lowest BCUT2D eigenvalue weighted by molar-refractivity contribution is -0.137. The van der Waals surface area contributed by atoms with Gasteiger partial charge in [-0.15, -0.1) is 0 Å².